The van der Waals surface area contributed by atoms with Gasteiger partial charge in [-0.3, -0.25) is 18.7 Å². The van der Waals surface area contributed by atoms with Gasteiger partial charge in [-0.1, -0.05) is 17.7 Å². The molecule has 1 aromatic heterocycles. The van der Waals surface area contributed by atoms with E-state index < -0.39 is 36.7 Å². The Balaban J connectivity index is 1.79. The molecule has 1 aliphatic heterocycles. The molecule has 182 valence electrons. The summed E-state index contributed by atoms with van der Waals surface area (Å²) in [7, 11) is -4.82. The Hall–Kier alpha value is -2.79. The van der Waals surface area contributed by atoms with Crippen LogP contribution in [0.25, 0.3) is 11.0 Å². The van der Waals surface area contributed by atoms with E-state index in [9.17, 15) is 37.1 Å². The van der Waals surface area contributed by atoms with Crippen molar-refractivity contribution in [2.45, 2.75) is 12.5 Å². The number of nitrogens with zero attached hydrogens (tertiary/aromatic N) is 3. The van der Waals surface area contributed by atoms with Crippen LogP contribution in [0.3, 0.4) is 0 Å². The topological polar surface area (TPSA) is 119 Å². The lowest BCUT2D eigenvalue weighted by atomic mass is 10.1. The second-order valence-electron chi connectivity index (χ2n) is 7.83. The van der Waals surface area contributed by atoms with Gasteiger partial charge in [0.15, 0.2) is 0 Å². The van der Waals surface area contributed by atoms with Gasteiger partial charge in [0.2, 0.25) is 0 Å². The highest BCUT2D eigenvalue weighted by Gasteiger charge is 2.37. The van der Waals surface area contributed by atoms with E-state index in [1.807, 2.05) is 11.0 Å². The van der Waals surface area contributed by atoms with E-state index in [1.165, 1.54) is 4.90 Å². The Morgan fingerprint density at radius 1 is 1.03 bits per heavy atom. The summed E-state index contributed by atoms with van der Waals surface area (Å²) in [4.78, 5) is 48.4. The Labute approximate surface area is 195 Å². The van der Waals surface area contributed by atoms with Crippen molar-refractivity contribution in [2.24, 2.45) is 0 Å². The van der Waals surface area contributed by atoms with Gasteiger partial charge in [0.1, 0.15) is 6.29 Å². The Kier molecular flexibility index (Phi) is 6.28. The van der Waals surface area contributed by atoms with Gasteiger partial charge in [0.25, 0.3) is 0 Å². The summed E-state index contributed by atoms with van der Waals surface area (Å²) < 4.78 is 53.8. The Bertz CT molecular complexity index is 1410. The first-order valence-electron chi connectivity index (χ1n) is 10.0. The molecule has 1 fully saturated rings. The lowest BCUT2D eigenvalue weighted by Gasteiger charge is -2.38. The molecule has 0 unspecified atom stereocenters. The van der Waals surface area contributed by atoms with Crippen LogP contribution in [0.4, 0.5) is 24.5 Å². The number of hydrogen-bond donors (Lipinski definition) is 3. The number of anilines is 2. The zero-order chi connectivity index (χ0) is 24.8. The van der Waals surface area contributed by atoms with Gasteiger partial charge in [-0.25, -0.2) is 0 Å². The van der Waals surface area contributed by atoms with Crippen LogP contribution in [-0.2, 0) is 17.0 Å². The van der Waals surface area contributed by atoms with Crippen molar-refractivity contribution in [2.75, 3.05) is 36.0 Å². The average Bonchev–Trinajstić information content (AvgIpc) is 2.75. The number of H-pyrrole nitrogens is 1. The summed E-state index contributed by atoms with van der Waals surface area (Å²) in [5, 5.41) is 0.533. The van der Waals surface area contributed by atoms with Gasteiger partial charge in [0.05, 0.1) is 22.3 Å². The van der Waals surface area contributed by atoms with Crippen LogP contribution in [0, 0.1) is 0 Å². The smallest absolute Gasteiger partial charge is 0.368 e. The third-order valence-electron chi connectivity index (χ3n) is 5.52. The number of piperazine rings is 1. The summed E-state index contributed by atoms with van der Waals surface area (Å²) in [6.07, 6.45) is -5.92. The molecule has 34 heavy (non-hydrogen) atoms. The molecule has 0 radical (unpaired) electrons. The third-order valence-corrected chi connectivity index (χ3v) is 6.40. The predicted molar refractivity (Wildman–Crippen MR) is 122 cm³/mol. The van der Waals surface area contributed by atoms with Crippen LogP contribution in [0.5, 0.6) is 0 Å². The van der Waals surface area contributed by atoms with Crippen molar-refractivity contribution in [3.8, 4) is 0 Å². The zero-order valence-corrected chi connectivity index (χ0v) is 19.1. The number of nitrogens with one attached hydrogen (secondary N) is 1. The van der Waals surface area contributed by atoms with Crippen molar-refractivity contribution >= 4 is 41.6 Å². The number of benzene rings is 2. The van der Waals surface area contributed by atoms with E-state index in [-0.39, 0.29) is 29.8 Å². The molecule has 0 bridgehead atoms. The van der Waals surface area contributed by atoms with E-state index in [0.717, 1.165) is 11.8 Å². The van der Waals surface area contributed by atoms with Crippen LogP contribution < -0.4 is 20.9 Å². The number of fused-ring (bicyclic) bond motifs is 1. The standard InChI is InChI=1S/C20H19ClF3N4O5P/c21-12-2-1-3-13(8-12)26-4-6-27(7-5-26)16-10-17-15(9-14(16)20(22,23)24)25-18(29)19(30)28(17)11-34(31,32)33/h1-3,8-10H,4-7,11H2,(H,25,29)(H2,31,32,33). The lowest BCUT2D eigenvalue weighted by Crippen LogP contribution is -2.47. The van der Waals surface area contributed by atoms with Crippen molar-refractivity contribution in [1.82, 2.24) is 9.55 Å². The molecular weight excluding hydrogens is 500 g/mol. The van der Waals surface area contributed by atoms with Gasteiger partial charge in [-0.2, -0.15) is 13.2 Å². The molecule has 4 rings (SSSR count). The maximum atomic E-state index is 13.9. The van der Waals surface area contributed by atoms with Gasteiger partial charge in [-0.15, -0.1) is 0 Å². The van der Waals surface area contributed by atoms with Crippen molar-refractivity contribution < 1.29 is 27.5 Å². The van der Waals surface area contributed by atoms with E-state index in [1.54, 1.807) is 18.2 Å². The van der Waals surface area contributed by atoms with Crippen LogP contribution in [0.15, 0.2) is 46.0 Å². The van der Waals surface area contributed by atoms with Gasteiger partial charge in [0, 0.05) is 36.9 Å². The summed E-state index contributed by atoms with van der Waals surface area (Å²) in [6, 6.07) is 8.82. The van der Waals surface area contributed by atoms with E-state index >= 15 is 0 Å². The minimum Gasteiger partial charge on any atom is -0.368 e. The lowest BCUT2D eigenvalue weighted by molar-refractivity contribution is -0.137. The van der Waals surface area contributed by atoms with Crippen molar-refractivity contribution in [3.63, 3.8) is 0 Å². The number of hydrogen-bond acceptors (Lipinski definition) is 5. The van der Waals surface area contributed by atoms with Crippen molar-refractivity contribution in [3.05, 3.63) is 67.7 Å². The Morgan fingerprint density at radius 2 is 1.68 bits per heavy atom. The van der Waals surface area contributed by atoms with Gasteiger partial charge in [-0.05, 0) is 30.3 Å². The third kappa shape index (κ3) is 5.00. The van der Waals surface area contributed by atoms with Crippen LogP contribution >= 0.6 is 19.2 Å². The zero-order valence-electron chi connectivity index (χ0n) is 17.4. The molecule has 0 saturated carbocycles. The maximum Gasteiger partial charge on any atom is 0.418 e. The number of rotatable bonds is 4. The molecule has 1 saturated heterocycles. The van der Waals surface area contributed by atoms with Crippen LogP contribution in [-0.4, -0.2) is 45.5 Å². The molecule has 2 heterocycles. The number of aromatic nitrogens is 2. The fourth-order valence-corrected chi connectivity index (χ4v) is 4.83. The van der Waals surface area contributed by atoms with Crippen LogP contribution in [0.1, 0.15) is 5.56 Å². The summed E-state index contributed by atoms with van der Waals surface area (Å²) in [6.45, 7) is 1.17. The summed E-state index contributed by atoms with van der Waals surface area (Å²) >= 11 is 6.03. The summed E-state index contributed by atoms with van der Waals surface area (Å²) in [5.74, 6) is 0. The molecule has 2 aromatic carbocycles. The largest absolute Gasteiger partial charge is 0.418 e. The number of aromatic amines is 1. The molecule has 3 N–H and O–H groups in total. The SMILES string of the molecule is O=c1[nH]c2cc(C(F)(F)F)c(N3CCN(c4cccc(Cl)c4)CC3)cc2n(CP(=O)(O)O)c1=O. The summed E-state index contributed by atoms with van der Waals surface area (Å²) in [5.41, 5.74) is -3.58. The van der Waals surface area contributed by atoms with Gasteiger partial charge < -0.3 is 24.6 Å². The molecule has 0 amide bonds. The Morgan fingerprint density at radius 3 is 2.26 bits per heavy atom. The quantitative estimate of drug-likeness (QED) is 0.359. The average molecular weight is 519 g/mol. The first-order valence-corrected chi connectivity index (χ1v) is 12.2. The highest BCUT2D eigenvalue weighted by Crippen LogP contribution is 2.41. The first kappa shape index (κ1) is 24.3. The monoisotopic (exact) mass is 518 g/mol. The maximum absolute atomic E-state index is 13.9. The molecular formula is C20H19ClF3N4O5P. The molecule has 9 nitrogen and oxygen atoms in total. The highest BCUT2D eigenvalue weighted by molar-refractivity contribution is 7.50. The van der Waals surface area contributed by atoms with E-state index in [2.05, 4.69) is 4.98 Å². The fourth-order valence-electron chi connectivity index (χ4n) is 4.00. The van der Waals surface area contributed by atoms with Gasteiger partial charge >= 0.3 is 24.9 Å². The molecule has 3 aromatic rings. The molecule has 14 heteroatoms. The minimum absolute atomic E-state index is 0.202. The molecule has 1 aliphatic rings. The predicted octanol–water partition coefficient (Wildman–Crippen LogP) is 2.82. The first-order chi connectivity index (χ1) is 15.8. The molecule has 0 aliphatic carbocycles. The second-order valence-corrected chi connectivity index (χ2v) is 9.88. The van der Waals surface area contributed by atoms with Crippen molar-refractivity contribution in [1.29, 1.82) is 0 Å². The number of halogens is 4. The highest BCUT2D eigenvalue weighted by atomic mass is 35.5. The second kappa shape index (κ2) is 8.77. The van der Waals surface area contributed by atoms with E-state index in [4.69, 9.17) is 11.6 Å². The normalized spacial score (nSPS) is 15.2. The number of alkyl halides is 3. The van der Waals surface area contributed by atoms with Crippen LogP contribution in [0.2, 0.25) is 5.02 Å². The van der Waals surface area contributed by atoms with E-state index in [0.29, 0.717) is 28.7 Å². The minimum atomic E-state index is -4.82. The molecule has 0 spiro atoms. The fraction of sp³-hybridized carbons (Fsp3) is 0.300. The molecule has 0 atom stereocenters.